The molecule has 0 rings (SSSR count). The van der Waals surface area contributed by atoms with Crippen molar-refractivity contribution in [1.82, 2.24) is 0 Å². The van der Waals surface area contributed by atoms with Crippen LogP contribution in [0.25, 0.3) is 0 Å². The molecule has 1 radical (unpaired) electrons. The van der Waals surface area contributed by atoms with Crippen molar-refractivity contribution in [3.8, 4) is 0 Å². The summed E-state index contributed by atoms with van der Waals surface area (Å²) in [6.07, 6.45) is -2.08. The summed E-state index contributed by atoms with van der Waals surface area (Å²) >= 11 is 0. The van der Waals surface area contributed by atoms with Gasteiger partial charge in [-0.15, -0.1) is 30.5 Å². The minimum Gasteiger partial charge on any atom is -0.852 e. The summed E-state index contributed by atoms with van der Waals surface area (Å²) in [6.45, 7) is 16.1. The fourth-order valence-electron chi connectivity index (χ4n) is 0. The standard InChI is InChI=1S/5C3H7O.Al.Co/c5*1-3(2)4;;/h5*3H,1-2H3;;/q5*-1;+3;+2. The van der Waals surface area contributed by atoms with Gasteiger partial charge < -0.3 is 25.5 Å². The maximum Gasteiger partial charge on any atom is 3.00 e. The Morgan fingerprint density at radius 3 is 0.364 bits per heavy atom. The van der Waals surface area contributed by atoms with Crippen molar-refractivity contribution in [1.29, 1.82) is 0 Å². The predicted molar refractivity (Wildman–Crippen MR) is 81.4 cm³/mol. The maximum absolute atomic E-state index is 9.53. The Morgan fingerprint density at radius 1 is 0.364 bits per heavy atom. The molecule has 0 amide bonds. The Morgan fingerprint density at radius 2 is 0.364 bits per heavy atom. The zero-order valence-electron chi connectivity index (χ0n) is 15.8. The van der Waals surface area contributed by atoms with Gasteiger partial charge in [0, 0.05) is 0 Å². The van der Waals surface area contributed by atoms with E-state index < -0.39 is 30.5 Å². The molecular weight excluding hydrogens is 346 g/mol. The normalized spacial score (nSPS) is 8.18. The van der Waals surface area contributed by atoms with Gasteiger partial charge in [0.05, 0.1) is 0 Å². The molecule has 0 aliphatic heterocycles. The van der Waals surface area contributed by atoms with Crippen LogP contribution in [-0.4, -0.2) is 47.9 Å². The van der Waals surface area contributed by atoms with Crippen LogP contribution in [-0.2, 0) is 16.8 Å². The number of rotatable bonds is 0. The minimum absolute atomic E-state index is 0. The topological polar surface area (TPSA) is 115 Å². The Balaban J connectivity index is -0.0000000250. The average molecular weight is 381 g/mol. The van der Waals surface area contributed by atoms with Crippen molar-refractivity contribution in [2.45, 2.75) is 99.8 Å². The second-order valence-corrected chi connectivity index (χ2v) is 5.24. The largest absolute Gasteiger partial charge is 3.00 e. The van der Waals surface area contributed by atoms with Crippen LogP contribution in [0.4, 0.5) is 0 Å². The van der Waals surface area contributed by atoms with Crippen molar-refractivity contribution in [2.75, 3.05) is 0 Å². The first kappa shape index (κ1) is 43.4. The van der Waals surface area contributed by atoms with Crippen molar-refractivity contribution in [3.05, 3.63) is 0 Å². The van der Waals surface area contributed by atoms with Crippen LogP contribution in [0.5, 0.6) is 0 Å². The van der Waals surface area contributed by atoms with Gasteiger partial charge >= 0.3 is 34.1 Å². The average Bonchev–Trinajstić information content (AvgIpc) is 1.94. The minimum atomic E-state index is -0.417. The third-order valence-electron chi connectivity index (χ3n) is 0. The molecule has 0 unspecified atom stereocenters. The Labute approximate surface area is 159 Å². The van der Waals surface area contributed by atoms with Crippen LogP contribution < -0.4 is 25.5 Å². The van der Waals surface area contributed by atoms with Crippen molar-refractivity contribution >= 4 is 17.4 Å². The van der Waals surface area contributed by atoms with E-state index in [9.17, 15) is 25.5 Å². The molecule has 0 aromatic heterocycles. The van der Waals surface area contributed by atoms with Gasteiger partial charge in [-0.05, 0) is 0 Å². The molecule has 0 aliphatic rings. The fourth-order valence-corrected chi connectivity index (χ4v) is 0. The molecular formula is C15H35AlCoO5. The molecule has 0 fully saturated rings. The molecule has 137 valence electrons. The number of hydrogen-bond donors (Lipinski definition) is 0. The van der Waals surface area contributed by atoms with E-state index in [1.165, 1.54) is 0 Å². The van der Waals surface area contributed by atoms with E-state index in [0.717, 1.165) is 0 Å². The monoisotopic (exact) mass is 381 g/mol. The molecule has 0 aliphatic carbocycles. The van der Waals surface area contributed by atoms with E-state index >= 15 is 0 Å². The Hall–Kier alpha value is 0.839. The summed E-state index contributed by atoms with van der Waals surface area (Å²) in [5.74, 6) is 0. The molecule has 0 aromatic carbocycles. The van der Waals surface area contributed by atoms with Crippen LogP contribution in [0.15, 0.2) is 0 Å². The fraction of sp³-hybridized carbons (Fsp3) is 1.00. The quantitative estimate of drug-likeness (QED) is 0.468. The van der Waals surface area contributed by atoms with Crippen LogP contribution in [0, 0.1) is 0 Å². The molecule has 0 spiro atoms. The van der Waals surface area contributed by atoms with Crippen LogP contribution in [0.2, 0.25) is 0 Å². The van der Waals surface area contributed by atoms with Crippen LogP contribution in [0.3, 0.4) is 0 Å². The van der Waals surface area contributed by atoms with E-state index in [1.807, 2.05) is 0 Å². The van der Waals surface area contributed by atoms with Crippen molar-refractivity contribution in [2.24, 2.45) is 0 Å². The zero-order valence-corrected chi connectivity index (χ0v) is 18.0. The SMILES string of the molecule is CC(C)[O-].CC(C)[O-].CC(C)[O-].CC(C)[O-].CC(C)[O-].[Al+3].[Co+2]. The van der Waals surface area contributed by atoms with Gasteiger partial charge in [-0.25, -0.2) is 0 Å². The molecule has 5 nitrogen and oxygen atoms in total. The van der Waals surface area contributed by atoms with E-state index in [1.54, 1.807) is 69.2 Å². The summed E-state index contributed by atoms with van der Waals surface area (Å²) in [5.41, 5.74) is 0. The van der Waals surface area contributed by atoms with E-state index in [0.29, 0.717) is 0 Å². The third-order valence-corrected chi connectivity index (χ3v) is 0. The molecule has 7 heteroatoms. The van der Waals surface area contributed by atoms with Gasteiger partial charge in [0.2, 0.25) is 0 Å². The van der Waals surface area contributed by atoms with Crippen LogP contribution in [0.1, 0.15) is 69.2 Å². The smallest absolute Gasteiger partial charge is 0.852 e. The predicted octanol–water partition coefficient (Wildman–Crippen LogP) is -1.61. The molecule has 0 bridgehead atoms. The van der Waals surface area contributed by atoms with E-state index in [-0.39, 0.29) is 34.1 Å². The van der Waals surface area contributed by atoms with Gasteiger partial charge in [-0.1, -0.05) is 69.2 Å². The maximum atomic E-state index is 9.53. The molecule has 0 saturated carbocycles. The Bertz CT molecular complexity index is 86.5. The second-order valence-electron chi connectivity index (χ2n) is 5.24. The molecule has 0 atom stereocenters. The molecule has 0 heterocycles. The van der Waals surface area contributed by atoms with E-state index in [4.69, 9.17) is 0 Å². The first-order valence-corrected chi connectivity index (χ1v) is 6.95. The summed E-state index contributed by atoms with van der Waals surface area (Å²) in [4.78, 5) is 0. The number of hydrogen-bond acceptors (Lipinski definition) is 5. The molecule has 22 heavy (non-hydrogen) atoms. The summed E-state index contributed by atoms with van der Waals surface area (Å²) < 4.78 is 0. The first-order valence-electron chi connectivity index (χ1n) is 6.95. The molecule has 0 aromatic rings. The second kappa shape index (κ2) is 37.8. The Kier molecular flexibility index (Phi) is 74.6. The van der Waals surface area contributed by atoms with Crippen LogP contribution >= 0.6 is 0 Å². The van der Waals surface area contributed by atoms with Crippen molar-refractivity contribution in [3.63, 3.8) is 0 Å². The summed E-state index contributed by atoms with van der Waals surface area (Å²) in [7, 11) is 0. The zero-order chi connectivity index (χ0) is 17.9. The third kappa shape index (κ3) is 11700. The van der Waals surface area contributed by atoms with Gasteiger partial charge in [0.15, 0.2) is 0 Å². The van der Waals surface area contributed by atoms with Gasteiger partial charge in [-0.3, -0.25) is 0 Å². The van der Waals surface area contributed by atoms with Crippen molar-refractivity contribution < 1.29 is 42.3 Å². The molecule has 0 saturated heterocycles. The van der Waals surface area contributed by atoms with E-state index in [2.05, 4.69) is 0 Å². The summed E-state index contributed by atoms with van der Waals surface area (Å²) in [5, 5.41) is 47.6. The van der Waals surface area contributed by atoms with Gasteiger partial charge in [0.1, 0.15) is 0 Å². The van der Waals surface area contributed by atoms with Gasteiger partial charge in [-0.2, -0.15) is 0 Å². The first-order chi connectivity index (χ1) is 8.66. The molecule has 0 N–H and O–H groups in total. The summed E-state index contributed by atoms with van der Waals surface area (Å²) in [6, 6.07) is 0. The van der Waals surface area contributed by atoms with Gasteiger partial charge in [0.25, 0.3) is 0 Å².